The van der Waals surface area contributed by atoms with Crippen LogP contribution in [-0.4, -0.2) is 12.1 Å². The molecule has 0 N–H and O–H groups in total. The van der Waals surface area contributed by atoms with E-state index in [9.17, 15) is 5.21 Å². The number of ether oxygens (including phenoxy) is 1. The smallest absolute Gasteiger partial charge is 0.289 e. The van der Waals surface area contributed by atoms with Crippen molar-refractivity contribution >= 4 is 0 Å². The largest absolute Gasteiger partial charge is 0.710 e. The van der Waals surface area contributed by atoms with Gasteiger partial charge in [0.05, 0.1) is 7.11 Å². The average molecular weight is 202 g/mol. The van der Waals surface area contributed by atoms with E-state index in [1.54, 1.807) is 19.4 Å². The van der Waals surface area contributed by atoms with Crippen LogP contribution in [0.4, 0.5) is 0 Å². The number of benzene rings is 1. The minimum atomic E-state index is 0.559. The zero-order valence-electron chi connectivity index (χ0n) is 8.25. The summed E-state index contributed by atoms with van der Waals surface area (Å²) in [5.41, 5.74) is 1.37. The first-order valence-electron chi connectivity index (χ1n) is 4.49. The molecule has 0 aliphatic carbocycles. The average Bonchev–Trinajstić information content (AvgIpc) is 2.30. The summed E-state index contributed by atoms with van der Waals surface area (Å²) in [6, 6.07) is 9.01. The number of nitrogens with zero attached hydrogens (tertiary/aromatic N) is 2. The molecule has 0 unspecified atom stereocenters. The van der Waals surface area contributed by atoms with E-state index in [0.29, 0.717) is 5.69 Å². The molecule has 0 saturated carbocycles. The maximum absolute atomic E-state index is 11.4. The van der Waals surface area contributed by atoms with Crippen LogP contribution in [0.5, 0.6) is 5.75 Å². The molecule has 2 aromatic rings. The van der Waals surface area contributed by atoms with E-state index in [-0.39, 0.29) is 0 Å². The molecule has 0 spiro atoms. The Bertz CT molecular complexity index is 472. The van der Waals surface area contributed by atoms with Crippen molar-refractivity contribution in [1.82, 2.24) is 4.98 Å². The SMILES string of the molecule is COc1cccc(-c2ccnc[n+]2[O-])c1. The van der Waals surface area contributed by atoms with Crippen molar-refractivity contribution < 1.29 is 9.47 Å². The minimum Gasteiger partial charge on any atom is -0.710 e. The van der Waals surface area contributed by atoms with Gasteiger partial charge in [-0.3, -0.25) is 0 Å². The molecule has 0 radical (unpaired) electrons. The Morgan fingerprint density at radius 1 is 1.33 bits per heavy atom. The second-order valence-electron chi connectivity index (χ2n) is 3.02. The number of aromatic nitrogens is 2. The summed E-state index contributed by atoms with van der Waals surface area (Å²) < 4.78 is 5.82. The van der Waals surface area contributed by atoms with Gasteiger partial charge in [0.25, 0.3) is 6.33 Å². The molecule has 0 aliphatic heterocycles. The van der Waals surface area contributed by atoms with Crippen LogP contribution < -0.4 is 9.47 Å². The first-order valence-corrected chi connectivity index (χ1v) is 4.49. The molecule has 76 valence electrons. The van der Waals surface area contributed by atoms with Crippen molar-refractivity contribution in [2.75, 3.05) is 7.11 Å². The highest BCUT2D eigenvalue weighted by molar-refractivity contribution is 5.58. The van der Waals surface area contributed by atoms with E-state index >= 15 is 0 Å². The Hall–Kier alpha value is -2.10. The maximum Gasteiger partial charge on any atom is 0.289 e. The molecule has 0 bridgehead atoms. The highest BCUT2D eigenvalue weighted by atomic mass is 16.5. The normalized spacial score (nSPS) is 9.93. The van der Waals surface area contributed by atoms with Crippen molar-refractivity contribution in [2.45, 2.75) is 0 Å². The summed E-state index contributed by atoms with van der Waals surface area (Å²) in [4.78, 5) is 3.73. The fourth-order valence-corrected chi connectivity index (χ4v) is 1.35. The molecule has 15 heavy (non-hydrogen) atoms. The molecule has 4 nitrogen and oxygen atoms in total. The Kier molecular flexibility index (Phi) is 2.49. The lowest BCUT2D eigenvalue weighted by Gasteiger charge is -2.08. The van der Waals surface area contributed by atoms with Crippen molar-refractivity contribution in [3.63, 3.8) is 0 Å². The molecular formula is C11H10N2O2. The third-order valence-electron chi connectivity index (χ3n) is 2.09. The molecule has 0 atom stereocenters. The summed E-state index contributed by atoms with van der Waals surface area (Å²) in [7, 11) is 1.59. The van der Waals surface area contributed by atoms with Crippen LogP contribution in [0.3, 0.4) is 0 Å². The molecule has 0 aliphatic rings. The Labute approximate surface area is 87.4 Å². The van der Waals surface area contributed by atoms with Crippen LogP contribution in [0.2, 0.25) is 0 Å². The van der Waals surface area contributed by atoms with Gasteiger partial charge in [0.15, 0.2) is 0 Å². The fourth-order valence-electron chi connectivity index (χ4n) is 1.35. The second-order valence-corrected chi connectivity index (χ2v) is 3.02. The highest BCUT2D eigenvalue weighted by Crippen LogP contribution is 2.20. The summed E-state index contributed by atoms with van der Waals surface area (Å²) in [5, 5.41) is 11.4. The quantitative estimate of drug-likeness (QED) is 0.546. The van der Waals surface area contributed by atoms with Crippen LogP contribution in [0.25, 0.3) is 11.3 Å². The van der Waals surface area contributed by atoms with Crippen molar-refractivity contribution in [3.8, 4) is 17.0 Å². The molecule has 0 fully saturated rings. The maximum atomic E-state index is 11.4. The van der Waals surface area contributed by atoms with Gasteiger partial charge in [-0.05, 0) is 12.1 Å². The highest BCUT2D eigenvalue weighted by Gasteiger charge is 2.05. The van der Waals surface area contributed by atoms with Crippen LogP contribution in [0, 0.1) is 5.21 Å². The van der Waals surface area contributed by atoms with Gasteiger partial charge >= 0.3 is 0 Å². The van der Waals surface area contributed by atoms with E-state index < -0.39 is 0 Å². The van der Waals surface area contributed by atoms with E-state index in [4.69, 9.17) is 4.74 Å². The number of rotatable bonds is 2. The van der Waals surface area contributed by atoms with Gasteiger partial charge < -0.3 is 9.94 Å². The van der Waals surface area contributed by atoms with E-state index in [1.807, 2.05) is 24.3 Å². The fraction of sp³-hybridized carbons (Fsp3) is 0.0909. The molecule has 1 heterocycles. The summed E-state index contributed by atoms with van der Waals surface area (Å²) in [6.45, 7) is 0. The van der Waals surface area contributed by atoms with Gasteiger partial charge in [-0.25, -0.2) is 4.73 Å². The summed E-state index contributed by atoms with van der Waals surface area (Å²) >= 11 is 0. The number of methoxy groups -OCH3 is 1. The van der Waals surface area contributed by atoms with Crippen molar-refractivity contribution in [1.29, 1.82) is 0 Å². The lowest BCUT2D eigenvalue weighted by atomic mass is 10.1. The lowest BCUT2D eigenvalue weighted by Crippen LogP contribution is -2.28. The van der Waals surface area contributed by atoms with E-state index in [2.05, 4.69) is 4.98 Å². The molecule has 0 saturated heterocycles. The second kappa shape index (κ2) is 3.96. The van der Waals surface area contributed by atoms with Gasteiger partial charge in [0, 0.05) is 11.6 Å². The van der Waals surface area contributed by atoms with Crippen molar-refractivity contribution in [2.24, 2.45) is 0 Å². The number of hydrogen-bond acceptors (Lipinski definition) is 3. The van der Waals surface area contributed by atoms with Crippen molar-refractivity contribution in [3.05, 3.63) is 48.1 Å². The Morgan fingerprint density at radius 2 is 2.20 bits per heavy atom. The first-order chi connectivity index (χ1) is 7.31. The Morgan fingerprint density at radius 3 is 2.93 bits per heavy atom. The first kappa shape index (κ1) is 9.45. The van der Waals surface area contributed by atoms with Gasteiger partial charge in [0.2, 0.25) is 0 Å². The summed E-state index contributed by atoms with van der Waals surface area (Å²) in [6.07, 6.45) is 2.82. The van der Waals surface area contributed by atoms with Crippen LogP contribution in [0.15, 0.2) is 42.9 Å². The standard InChI is InChI=1S/C11H10N2O2/c1-15-10-4-2-3-9(7-10)11-5-6-12-8-13(11)14/h2-8H,1H3. The molecule has 1 aromatic heterocycles. The van der Waals surface area contributed by atoms with Crippen LogP contribution >= 0.6 is 0 Å². The van der Waals surface area contributed by atoms with Crippen LogP contribution in [0.1, 0.15) is 0 Å². The van der Waals surface area contributed by atoms with E-state index in [0.717, 1.165) is 16.0 Å². The Balaban J connectivity index is 2.49. The topological polar surface area (TPSA) is 49.1 Å². The monoisotopic (exact) mass is 202 g/mol. The van der Waals surface area contributed by atoms with Gasteiger partial charge in [0.1, 0.15) is 17.6 Å². The zero-order valence-corrected chi connectivity index (χ0v) is 8.25. The van der Waals surface area contributed by atoms with Gasteiger partial charge in [-0.1, -0.05) is 17.1 Å². The molecule has 0 amide bonds. The predicted molar refractivity (Wildman–Crippen MR) is 55.2 cm³/mol. The van der Waals surface area contributed by atoms with E-state index in [1.165, 1.54) is 6.33 Å². The molecular weight excluding hydrogens is 192 g/mol. The summed E-state index contributed by atoms with van der Waals surface area (Å²) in [5.74, 6) is 0.726. The predicted octanol–water partition coefficient (Wildman–Crippen LogP) is 1.39. The third kappa shape index (κ3) is 1.88. The van der Waals surface area contributed by atoms with Crippen LogP contribution in [-0.2, 0) is 0 Å². The lowest BCUT2D eigenvalue weighted by molar-refractivity contribution is -0.597. The third-order valence-corrected chi connectivity index (χ3v) is 2.09. The minimum absolute atomic E-state index is 0.559. The zero-order chi connectivity index (χ0) is 10.7. The van der Waals surface area contributed by atoms with Gasteiger partial charge in [-0.2, -0.15) is 0 Å². The van der Waals surface area contributed by atoms with Gasteiger partial charge in [-0.15, -0.1) is 0 Å². The molecule has 2 rings (SSSR count). The molecule has 1 aromatic carbocycles. The molecule has 4 heteroatoms. The number of hydrogen-bond donors (Lipinski definition) is 0.